The van der Waals surface area contributed by atoms with E-state index in [1.807, 2.05) is 54.6 Å². The number of hydrogen-bond donors (Lipinski definition) is 3. The van der Waals surface area contributed by atoms with Crippen molar-refractivity contribution < 1.29 is 19.1 Å². The van der Waals surface area contributed by atoms with E-state index in [1.54, 1.807) is 0 Å². The number of amides is 1. The molecule has 0 bridgehead atoms. The third-order valence-electron chi connectivity index (χ3n) is 6.38. The van der Waals surface area contributed by atoms with Crippen molar-refractivity contribution in [3.8, 4) is 0 Å². The van der Waals surface area contributed by atoms with Crippen LogP contribution in [0.5, 0.6) is 0 Å². The molecule has 164 valence electrons. The zero-order chi connectivity index (χ0) is 22.1. The predicted molar refractivity (Wildman–Crippen MR) is 118 cm³/mol. The van der Waals surface area contributed by atoms with Gasteiger partial charge in [0, 0.05) is 30.2 Å². The van der Waals surface area contributed by atoms with Crippen molar-refractivity contribution in [2.45, 2.75) is 19.3 Å². The molecule has 1 saturated heterocycles. The lowest BCUT2D eigenvalue weighted by molar-refractivity contribution is -0.139. The van der Waals surface area contributed by atoms with Gasteiger partial charge in [-0.2, -0.15) is 0 Å². The van der Waals surface area contributed by atoms with Crippen molar-refractivity contribution in [1.82, 2.24) is 10.2 Å². The van der Waals surface area contributed by atoms with Gasteiger partial charge >= 0.3 is 23.8 Å². The number of nitrogens with one attached hydrogen (secondary N) is 2. The highest BCUT2D eigenvalue weighted by Gasteiger charge is 2.58. The van der Waals surface area contributed by atoms with Gasteiger partial charge in [0.2, 0.25) is 0 Å². The molecule has 9 nitrogen and oxygen atoms in total. The molecule has 0 radical (unpaired) electrons. The first-order chi connectivity index (χ1) is 15.5. The Hall–Kier alpha value is -3.88. The monoisotopic (exact) mass is 433 g/mol. The molecular weight excluding hydrogens is 410 g/mol. The first-order valence-electron chi connectivity index (χ1n) is 10.6. The summed E-state index contributed by atoms with van der Waals surface area (Å²) < 4.78 is 5.40. The van der Waals surface area contributed by atoms with Gasteiger partial charge in [-0.3, -0.25) is 9.59 Å². The molecule has 1 spiro atoms. The summed E-state index contributed by atoms with van der Waals surface area (Å²) in [5, 5.41) is 22.6. The van der Waals surface area contributed by atoms with E-state index in [1.165, 1.54) is 0 Å². The predicted octanol–water partition coefficient (Wildman–Crippen LogP) is 3.76. The number of carboxylic acids is 1. The van der Waals surface area contributed by atoms with Gasteiger partial charge in [-0.1, -0.05) is 23.3 Å². The Morgan fingerprint density at radius 2 is 1.72 bits per heavy atom. The molecule has 3 aromatic rings. The number of piperidine rings is 1. The first kappa shape index (κ1) is 20.0. The Bertz CT molecular complexity index is 1120. The number of nitrogens with zero attached hydrogens (tertiary/aromatic N) is 3. The zero-order valence-corrected chi connectivity index (χ0v) is 17.3. The molecule has 2 aromatic carbocycles. The van der Waals surface area contributed by atoms with E-state index in [0.717, 1.165) is 43.7 Å². The van der Waals surface area contributed by atoms with Crippen LogP contribution in [0.2, 0.25) is 0 Å². The molecule has 5 rings (SSSR count). The molecule has 1 saturated carbocycles. The van der Waals surface area contributed by atoms with Gasteiger partial charge in [0.15, 0.2) is 0 Å². The number of para-hydroxylation sites is 1. The van der Waals surface area contributed by atoms with Crippen LogP contribution in [0.4, 0.5) is 23.1 Å². The number of benzene rings is 2. The van der Waals surface area contributed by atoms with Gasteiger partial charge in [-0.25, -0.2) is 0 Å². The fourth-order valence-corrected chi connectivity index (χ4v) is 4.41. The van der Waals surface area contributed by atoms with Crippen molar-refractivity contribution in [3.05, 3.63) is 60.5 Å². The number of anilines is 4. The average molecular weight is 433 g/mol. The Balaban J connectivity index is 1.16. The van der Waals surface area contributed by atoms with Crippen molar-refractivity contribution in [2.75, 3.05) is 28.6 Å². The van der Waals surface area contributed by atoms with Crippen LogP contribution >= 0.6 is 0 Å². The fourth-order valence-electron chi connectivity index (χ4n) is 4.41. The van der Waals surface area contributed by atoms with Crippen LogP contribution in [-0.4, -0.2) is 40.3 Å². The summed E-state index contributed by atoms with van der Waals surface area (Å²) in [4.78, 5) is 25.9. The van der Waals surface area contributed by atoms with E-state index in [9.17, 15) is 14.7 Å². The van der Waals surface area contributed by atoms with E-state index in [4.69, 9.17) is 4.42 Å². The maximum atomic E-state index is 12.4. The van der Waals surface area contributed by atoms with Crippen LogP contribution in [0.1, 0.15) is 29.9 Å². The van der Waals surface area contributed by atoms with Crippen LogP contribution < -0.4 is 15.5 Å². The number of carbonyl (C=O) groups is 2. The highest BCUT2D eigenvalue weighted by molar-refractivity contribution is 6.01. The Morgan fingerprint density at radius 3 is 2.38 bits per heavy atom. The Morgan fingerprint density at radius 1 is 1.00 bits per heavy atom. The molecule has 32 heavy (non-hydrogen) atoms. The summed E-state index contributed by atoms with van der Waals surface area (Å²) in [7, 11) is 0. The van der Waals surface area contributed by atoms with Crippen molar-refractivity contribution in [2.24, 2.45) is 11.3 Å². The minimum absolute atomic E-state index is 0.00848. The van der Waals surface area contributed by atoms with Gasteiger partial charge < -0.3 is 25.1 Å². The topological polar surface area (TPSA) is 121 Å². The standard InChI is InChI=1S/C23H23N5O4/c29-19(20-26-27-22(32-20)25-15-4-2-1-3-5-15)24-16-6-8-17(9-7-16)28-12-10-23(11-13-28)14-18(23)21(30)31/h1-9,18H,10-14H2,(H,24,29)(H,25,27)(H,30,31). The second-order valence-corrected chi connectivity index (χ2v) is 8.35. The lowest BCUT2D eigenvalue weighted by Gasteiger charge is -2.34. The maximum Gasteiger partial charge on any atom is 0.320 e. The molecule has 2 fully saturated rings. The molecular formula is C23H23N5O4. The number of aliphatic carboxylic acids is 1. The van der Waals surface area contributed by atoms with E-state index in [2.05, 4.69) is 25.7 Å². The van der Waals surface area contributed by atoms with Crippen molar-refractivity contribution in [3.63, 3.8) is 0 Å². The second-order valence-electron chi connectivity index (χ2n) is 8.35. The molecule has 2 heterocycles. The molecule has 2 aliphatic rings. The summed E-state index contributed by atoms with van der Waals surface area (Å²) in [6.07, 6.45) is 2.61. The van der Waals surface area contributed by atoms with Crippen LogP contribution in [0, 0.1) is 11.3 Å². The summed E-state index contributed by atoms with van der Waals surface area (Å²) >= 11 is 0. The van der Waals surface area contributed by atoms with Crippen molar-refractivity contribution >= 4 is 35.0 Å². The lowest BCUT2D eigenvalue weighted by Crippen LogP contribution is -2.35. The number of carbonyl (C=O) groups excluding carboxylic acids is 1. The van der Waals surface area contributed by atoms with Gasteiger partial charge in [-0.05, 0) is 61.1 Å². The number of hydrogen-bond acceptors (Lipinski definition) is 7. The zero-order valence-electron chi connectivity index (χ0n) is 17.3. The largest absolute Gasteiger partial charge is 0.481 e. The van der Waals surface area contributed by atoms with Gasteiger partial charge in [-0.15, -0.1) is 5.10 Å². The quantitative estimate of drug-likeness (QED) is 0.537. The molecule has 9 heteroatoms. The molecule has 3 N–H and O–H groups in total. The van der Waals surface area contributed by atoms with E-state index < -0.39 is 11.9 Å². The van der Waals surface area contributed by atoms with E-state index >= 15 is 0 Å². The fraction of sp³-hybridized carbons (Fsp3) is 0.304. The molecule has 1 atom stereocenters. The Labute approximate surface area is 184 Å². The highest BCUT2D eigenvalue weighted by Crippen LogP contribution is 2.59. The molecule has 1 aliphatic carbocycles. The second kappa shape index (κ2) is 7.99. The smallest absolute Gasteiger partial charge is 0.320 e. The summed E-state index contributed by atoms with van der Waals surface area (Å²) in [5.41, 5.74) is 2.46. The van der Waals surface area contributed by atoms with Crippen LogP contribution in [-0.2, 0) is 4.79 Å². The van der Waals surface area contributed by atoms with Gasteiger partial charge in [0.1, 0.15) is 0 Å². The molecule has 1 aromatic heterocycles. The first-order valence-corrected chi connectivity index (χ1v) is 10.6. The molecule has 1 unspecified atom stereocenters. The van der Waals surface area contributed by atoms with Gasteiger partial charge in [0.25, 0.3) is 0 Å². The van der Waals surface area contributed by atoms with E-state index in [-0.39, 0.29) is 23.2 Å². The van der Waals surface area contributed by atoms with Crippen LogP contribution in [0.25, 0.3) is 0 Å². The number of carboxylic acid groups (broad SMARTS) is 1. The highest BCUT2D eigenvalue weighted by atomic mass is 16.4. The normalized spacial score (nSPS) is 18.9. The van der Waals surface area contributed by atoms with Crippen LogP contribution in [0.15, 0.2) is 59.0 Å². The third-order valence-corrected chi connectivity index (χ3v) is 6.38. The summed E-state index contributed by atoms with van der Waals surface area (Å²) in [6.45, 7) is 1.68. The lowest BCUT2D eigenvalue weighted by atomic mass is 9.90. The number of aromatic nitrogens is 2. The van der Waals surface area contributed by atoms with E-state index in [0.29, 0.717) is 5.69 Å². The van der Waals surface area contributed by atoms with Crippen molar-refractivity contribution in [1.29, 1.82) is 0 Å². The molecule has 1 amide bonds. The summed E-state index contributed by atoms with van der Waals surface area (Å²) in [6, 6.07) is 17.0. The Kier molecular flexibility index (Phi) is 5.01. The minimum Gasteiger partial charge on any atom is -0.481 e. The minimum atomic E-state index is -0.664. The third kappa shape index (κ3) is 4.01. The van der Waals surface area contributed by atoms with Crippen LogP contribution in [0.3, 0.4) is 0 Å². The average Bonchev–Trinajstić information content (AvgIpc) is 3.30. The maximum absolute atomic E-state index is 12.4. The van der Waals surface area contributed by atoms with Gasteiger partial charge in [0.05, 0.1) is 5.92 Å². The number of rotatable bonds is 6. The summed E-state index contributed by atoms with van der Waals surface area (Å²) in [5.74, 6) is -1.45. The molecule has 1 aliphatic heterocycles. The SMILES string of the molecule is O=C(Nc1ccc(N2CCC3(CC2)CC3C(=O)O)cc1)c1nnc(Nc2ccccc2)o1.